The van der Waals surface area contributed by atoms with Crippen molar-refractivity contribution in [3.8, 4) is 0 Å². The van der Waals surface area contributed by atoms with Gasteiger partial charge in [0.25, 0.3) is 5.69 Å². The molecule has 1 amide bonds. The number of hydrogen-bond donors (Lipinski definition) is 0. The van der Waals surface area contributed by atoms with Crippen LogP contribution in [0.5, 0.6) is 0 Å². The van der Waals surface area contributed by atoms with Crippen molar-refractivity contribution in [3.63, 3.8) is 0 Å². The molecule has 1 fully saturated rings. The Morgan fingerprint density at radius 2 is 1.83 bits per heavy atom. The van der Waals surface area contributed by atoms with Gasteiger partial charge >= 0.3 is 0 Å². The molecule has 0 N–H and O–H groups in total. The largest absolute Gasteiger partial charge is 0.352 e. The summed E-state index contributed by atoms with van der Waals surface area (Å²) in [5.74, 6) is 0.850. The van der Waals surface area contributed by atoms with Crippen LogP contribution in [0.4, 0.5) is 11.5 Å². The van der Waals surface area contributed by atoms with E-state index in [2.05, 4.69) is 15.1 Å². The van der Waals surface area contributed by atoms with Gasteiger partial charge in [0.1, 0.15) is 0 Å². The topological polar surface area (TPSA) is 92.5 Å². The molecule has 0 unspecified atom stereocenters. The van der Waals surface area contributed by atoms with Crippen molar-refractivity contribution in [2.45, 2.75) is 6.42 Å². The smallest absolute Gasteiger partial charge is 0.269 e. The number of anilines is 1. The standard InChI is InChI=1S/C16H17N5O3/c22-16(12-13-3-5-14(6-4-13)21(23)24)20-10-8-19(9-11-20)15-2-1-7-17-18-15/h1-7H,8-12H2. The van der Waals surface area contributed by atoms with E-state index in [-0.39, 0.29) is 18.0 Å². The number of carbonyl (C=O) groups is 1. The summed E-state index contributed by atoms with van der Waals surface area (Å²) in [6.45, 7) is 2.68. The first-order valence-electron chi connectivity index (χ1n) is 7.67. The highest BCUT2D eigenvalue weighted by atomic mass is 16.6. The van der Waals surface area contributed by atoms with Crippen LogP contribution >= 0.6 is 0 Å². The summed E-state index contributed by atoms with van der Waals surface area (Å²) >= 11 is 0. The van der Waals surface area contributed by atoms with Crippen molar-refractivity contribution in [2.75, 3.05) is 31.1 Å². The van der Waals surface area contributed by atoms with Crippen LogP contribution in [0, 0.1) is 10.1 Å². The van der Waals surface area contributed by atoms with E-state index in [0.717, 1.165) is 11.4 Å². The molecule has 24 heavy (non-hydrogen) atoms. The van der Waals surface area contributed by atoms with E-state index < -0.39 is 4.92 Å². The van der Waals surface area contributed by atoms with Crippen molar-refractivity contribution in [1.82, 2.24) is 15.1 Å². The van der Waals surface area contributed by atoms with Gasteiger partial charge in [-0.05, 0) is 17.7 Å². The fourth-order valence-electron chi connectivity index (χ4n) is 2.67. The first kappa shape index (κ1) is 15.9. The highest BCUT2D eigenvalue weighted by Gasteiger charge is 2.22. The zero-order valence-electron chi connectivity index (χ0n) is 13.0. The second-order valence-electron chi connectivity index (χ2n) is 5.55. The number of carbonyl (C=O) groups excluding carboxylic acids is 1. The lowest BCUT2D eigenvalue weighted by Gasteiger charge is -2.35. The number of nitro groups is 1. The number of non-ortho nitro benzene ring substituents is 1. The number of rotatable bonds is 4. The van der Waals surface area contributed by atoms with E-state index in [1.54, 1.807) is 18.3 Å². The number of hydrogen-bond acceptors (Lipinski definition) is 6. The van der Waals surface area contributed by atoms with Gasteiger partial charge < -0.3 is 9.80 Å². The van der Waals surface area contributed by atoms with E-state index in [9.17, 15) is 14.9 Å². The SMILES string of the molecule is O=C(Cc1ccc([N+](=O)[O-])cc1)N1CCN(c2cccnn2)CC1. The molecule has 1 aromatic heterocycles. The highest BCUT2D eigenvalue weighted by Crippen LogP contribution is 2.15. The number of amides is 1. The van der Waals surface area contributed by atoms with E-state index in [0.29, 0.717) is 26.2 Å². The molecule has 0 aliphatic carbocycles. The molecule has 1 aliphatic heterocycles. The maximum atomic E-state index is 12.4. The fourth-order valence-corrected chi connectivity index (χ4v) is 2.67. The molecular weight excluding hydrogens is 310 g/mol. The van der Waals surface area contributed by atoms with Gasteiger partial charge in [0.15, 0.2) is 5.82 Å². The molecule has 0 spiro atoms. The second kappa shape index (κ2) is 7.03. The van der Waals surface area contributed by atoms with Gasteiger partial charge in [0.2, 0.25) is 5.91 Å². The molecule has 0 radical (unpaired) electrons. The van der Waals surface area contributed by atoms with Crippen LogP contribution in [-0.4, -0.2) is 52.1 Å². The molecule has 8 nitrogen and oxygen atoms in total. The van der Waals surface area contributed by atoms with E-state index in [1.807, 2.05) is 17.0 Å². The van der Waals surface area contributed by atoms with Crippen LogP contribution in [0.25, 0.3) is 0 Å². The second-order valence-corrected chi connectivity index (χ2v) is 5.55. The van der Waals surface area contributed by atoms with Gasteiger partial charge in [-0.25, -0.2) is 0 Å². The Balaban J connectivity index is 1.54. The predicted molar refractivity (Wildman–Crippen MR) is 87.6 cm³/mol. The average Bonchev–Trinajstić information content (AvgIpc) is 2.63. The highest BCUT2D eigenvalue weighted by molar-refractivity contribution is 5.79. The summed E-state index contributed by atoms with van der Waals surface area (Å²) < 4.78 is 0. The molecule has 1 saturated heterocycles. The molecule has 1 aromatic carbocycles. The van der Waals surface area contributed by atoms with Crippen molar-refractivity contribution in [1.29, 1.82) is 0 Å². The first-order valence-corrected chi connectivity index (χ1v) is 7.67. The van der Waals surface area contributed by atoms with E-state index >= 15 is 0 Å². The van der Waals surface area contributed by atoms with Crippen molar-refractivity contribution in [3.05, 3.63) is 58.3 Å². The third-order valence-electron chi connectivity index (χ3n) is 4.02. The quantitative estimate of drug-likeness (QED) is 0.620. The van der Waals surface area contributed by atoms with Gasteiger partial charge in [0.05, 0.1) is 11.3 Å². The molecule has 1 aliphatic rings. The monoisotopic (exact) mass is 327 g/mol. The summed E-state index contributed by atoms with van der Waals surface area (Å²) in [7, 11) is 0. The van der Waals surface area contributed by atoms with Crippen molar-refractivity contribution >= 4 is 17.4 Å². The summed E-state index contributed by atoms with van der Waals surface area (Å²) in [6, 6.07) is 9.86. The lowest BCUT2D eigenvalue weighted by molar-refractivity contribution is -0.384. The van der Waals surface area contributed by atoms with Gasteiger partial charge in [-0.1, -0.05) is 12.1 Å². The average molecular weight is 327 g/mol. The van der Waals surface area contributed by atoms with Crippen LogP contribution < -0.4 is 4.90 Å². The Bertz CT molecular complexity index is 712. The zero-order valence-corrected chi connectivity index (χ0v) is 13.0. The van der Waals surface area contributed by atoms with Crippen LogP contribution in [-0.2, 0) is 11.2 Å². The number of nitrogens with zero attached hydrogens (tertiary/aromatic N) is 5. The Kier molecular flexibility index (Phi) is 4.64. The maximum absolute atomic E-state index is 12.4. The predicted octanol–water partition coefficient (Wildman–Crippen LogP) is 1.28. The Hall–Kier alpha value is -3.03. The molecule has 8 heteroatoms. The van der Waals surface area contributed by atoms with Crippen LogP contribution in [0.1, 0.15) is 5.56 Å². The molecule has 3 rings (SSSR count). The number of aromatic nitrogens is 2. The van der Waals surface area contributed by atoms with Gasteiger partial charge in [-0.2, -0.15) is 5.10 Å². The third kappa shape index (κ3) is 3.65. The minimum absolute atomic E-state index is 0.0302. The molecule has 0 bridgehead atoms. The number of piperazine rings is 1. The molecule has 0 saturated carbocycles. The normalized spacial score (nSPS) is 14.5. The zero-order chi connectivity index (χ0) is 16.9. The molecule has 2 aromatic rings. The fraction of sp³-hybridized carbons (Fsp3) is 0.312. The maximum Gasteiger partial charge on any atom is 0.269 e. The molecule has 2 heterocycles. The van der Waals surface area contributed by atoms with Gasteiger partial charge in [-0.3, -0.25) is 14.9 Å². The van der Waals surface area contributed by atoms with Crippen molar-refractivity contribution < 1.29 is 9.72 Å². The minimum atomic E-state index is -0.447. The minimum Gasteiger partial charge on any atom is -0.352 e. The summed E-state index contributed by atoms with van der Waals surface area (Å²) in [6.07, 6.45) is 1.89. The number of nitro benzene ring substituents is 1. The van der Waals surface area contributed by atoms with Crippen LogP contribution in [0.3, 0.4) is 0 Å². The molecule has 0 atom stereocenters. The lowest BCUT2D eigenvalue weighted by atomic mass is 10.1. The molecule has 124 valence electrons. The van der Waals surface area contributed by atoms with Crippen LogP contribution in [0.15, 0.2) is 42.6 Å². The summed E-state index contributed by atoms with van der Waals surface area (Å²) in [5, 5.41) is 18.6. The van der Waals surface area contributed by atoms with Gasteiger partial charge in [-0.15, -0.1) is 5.10 Å². The van der Waals surface area contributed by atoms with E-state index in [1.165, 1.54) is 12.1 Å². The third-order valence-corrected chi connectivity index (χ3v) is 4.02. The Morgan fingerprint density at radius 3 is 2.42 bits per heavy atom. The number of benzene rings is 1. The Morgan fingerprint density at radius 1 is 1.12 bits per heavy atom. The first-order chi connectivity index (χ1) is 11.6. The van der Waals surface area contributed by atoms with Crippen molar-refractivity contribution in [2.24, 2.45) is 0 Å². The Labute approximate surface area is 138 Å². The van der Waals surface area contributed by atoms with E-state index in [4.69, 9.17) is 0 Å². The lowest BCUT2D eigenvalue weighted by Crippen LogP contribution is -2.49. The summed E-state index contributed by atoms with van der Waals surface area (Å²) in [5.41, 5.74) is 0.811. The summed E-state index contributed by atoms with van der Waals surface area (Å²) in [4.78, 5) is 26.5. The van der Waals surface area contributed by atoms with Gasteiger partial charge in [0, 0.05) is 44.5 Å². The molecular formula is C16H17N5O3. The van der Waals surface area contributed by atoms with Crippen LogP contribution in [0.2, 0.25) is 0 Å².